The molecule has 2 heterocycles. The molecule has 34 heavy (non-hydrogen) atoms. The molecule has 1 amide bonds. The van der Waals surface area contributed by atoms with Crippen molar-refractivity contribution in [3.63, 3.8) is 0 Å². The van der Waals surface area contributed by atoms with Crippen molar-refractivity contribution in [3.8, 4) is 5.69 Å². The summed E-state index contributed by atoms with van der Waals surface area (Å²) in [5.74, 6) is -0.808. The van der Waals surface area contributed by atoms with Crippen LogP contribution < -0.4 is 5.32 Å². The van der Waals surface area contributed by atoms with Crippen molar-refractivity contribution in [2.45, 2.75) is 26.1 Å². The van der Waals surface area contributed by atoms with E-state index in [1.807, 2.05) is 31.2 Å². The van der Waals surface area contributed by atoms with Crippen LogP contribution in [0.3, 0.4) is 0 Å². The SMILES string of the molecule is CCc1nc2ccccc2n1CC(=O)OCC(=O)Nc1cc(C(F)(F)F)ccc1-n1cncn1. The second kappa shape index (κ2) is 9.33. The molecule has 0 atom stereocenters. The summed E-state index contributed by atoms with van der Waals surface area (Å²) in [6, 6.07) is 10.1. The van der Waals surface area contributed by atoms with Crippen LogP contribution in [0.5, 0.6) is 0 Å². The summed E-state index contributed by atoms with van der Waals surface area (Å²) >= 11 is 0. The molecule has 0 unspecified atom stereocenters. The Morgan fingerprint density at radius 1 is 1.15 bits per heavy atom. The Morgan fingerprint density at radius 2 is 1.94 bits per heavy atom. The van der Waals surface area contributed by atoms with Crippen LogP contribution in [0.15, 0.2) is 55.1 Å². The van der Waals surface area contributed by atoms with Crippen LogP contribution in [0.2, 0.25) is 0 Å². The van der Waals surface area contributed by atoms with E-state index in [4.69, 9.17) is 4.74 Å². The molecular formula is C22H19F3N6O3. The molecular weight excluding hydrogens is 453 g/mol. The van der Waals surface area contributed by atoms with Crippen molar-refractivity contribution in [1.82, 2.24) is 24.3 Å². The minimum absolute atomic E-state index is 0.157. The van der Waals surface area contributed by atoms with Gasteiger partial charge in [-0.1, -0.05) is 19.1 Å². The molecule has 0 saturated heterocycles. The molecule has 0 aliphatic heterocycles. The molecule has 176 valence electrons. The third-order valence-corrected chi connectivity index (χ3v) is 4.96. The maximum absolute atomic E-state index is 13.2. The zero-order valence-electron chi connectivity index (χ0n) is 17.9. The van der Waals surface area contributed by atoms with Gasteiger partial charge in [0, 0.05) is 6.42 Å². The van der Waals surface area contributed by atoms with Gasteiger partial charge in [0.1, 0.15) is 25.0 Å². The summed E-state index contributed by atoms with van der Waals surface area (Å²) in [6.07, 6.45) is -1.55. The molecule has 0 aliphatic rings. The van der Waals surface area contributed by atoms with E-state index in [9.17, 15) is 22.8 Å². The number of carbonyl (C=O) groups is 2. The van der Waals surface area contributed by atoms with Crippen LogP contribution in [0.1, 0.15) is 18.3 Å². The average molecular weight is 472 g/mol. The first-order valence-corrected chi connectivity index (χ1v) is 10.2. The molecule has 4 aromatic rings. The minimum atomic E-state index is -4.61. The van der Waals surface area contributed by atoms with Crippen molar-refractivity contribution in [2.75, 3.05) is 11.9 Å². The highest BCUT2D eigenvalue weighted by atomic mass is 19.4. The molecule has 0 bridgehead atoms. The van der Waals surface area contributed by atoms with Crippen molar-refractivity contribution >= 4 is 28.6 Å². The summed E-state index contributed by atoms with van der Waals surface area (Å²) in [5.41, 5.74) is 0.540. The number of aromatic nitrogens is 5. The average Bonchev–Trinajstić information content (AvgIpc) is 3.45. The second-order valence-corrected chi connectivity index (χ2v) is 7.24. The van der Waals surface area contributed by atoms with E-state index >= 15 is 0 Å². The normalized spacial score (nSPS) is 11.5. The number of aryl methyl sites for hydroxylation is 1. The van der Waals surface area contributed by atoms with Gasteiger partial charge in [-0.25, -0.2) is 14.6 Å². The molecule has 12 heteroatoms. The number of hydrogen-bond donors (Lipinski definition) is 1. The van der Waals surface area contributed by atoms with Crippen LogP contribution in [0, 0.1) is 0 Å². The fourth-order valence-corrected chi connectivity index (χ4v) is 3.42. The van der Waals surface area contributed by atoms with Crippen molar-refractivity contribution < 1.29 is 27.5 Å². The second-order valence-electron chi connectivity index (χ2n) is 7.24. The number of carbonyl (C=O) groups excluding carboxylic acids is 2. The van der Waals surface area contributed by atoms with Gasteiger partial charge in [-0.05, 0) is 30.3 Å². The Balaban J connectivity index is 1.46. The van der Waals surface area contributed by atoms with E-state index in [1.165, 1.54) is 17.3 Å². The van der Waals surface area contributed by atoms with Gasteiger partial charge in [0.15, 0.2) is 6.61 Å². The molecule has 2 aromatic heterocycles. The molecule has 1 N–H and O–H groups in total. The lowest BCUT2D eigenvalue weighted by molar-refractivity contribution is -0.147. The van der Waals surface area contributed by atoms with E-state index in [0.717, 1.165) is 29.2 Å². The zero-order chi connectivity index (χ0) is 24.3. The van der Waals surface area contributed by atoms with Gasteiger partial charge >= 0.3 is 12.1 Å². The maximum Gasteiger partial charge on any atom is 0.416 e. The quantitative estimate of drug-likeness (QED) is 0.414. The monoisotopic (exact) mass is 472 g/mol. The topological polar surface area (TPSA) is 104 Å². The van der Waals surface area contributed by atoms with Crippen LogP contribution in [0.4, 0.5) is 18.9 Å². The first-order valence-electron chi connectivity index (χ1n) is 10.2. The number of nitrogens with zero attached hydrogens (tertiary/aromatic N) is 5. The molecule has 0 saturated carbocycles. The maximum atomic E-state index is 13.2. The summed E-state index contributed by atoms with van der Waals surface area (Å²) in [4.78, 5) is 33.0. The van der Waals surface area contributed by atoms with Gasteiger partial charge in [-0.3, -0.25) is 9.59 Å². The minimum Gasteiger partial charge on any atom is -0.454 e. The van der Waals surface area contributed by atoms with E-state index in [1.54, 1.807) is 4.57 Å². The fraction of sp³-hybridized carbons (Fsp3) is 0.227. The third-order valence-electron chi connectivity index (χ3n) is 4.96. The number of anilines is 1. The number of hydrogen-bond acceptors (Lipinski definition) is 6. The molecule has 0 aliphatic carbocycles. The predicted octanol–water partition coefficient (Wildman–Crippen LogP) is 3.38. The van der Waals surface area contributed by atoms with Crippen LogP contribution in [-0.2, 0) is 33.5 Å². The fourth-order valence-electron chi connectivity index (χ4n) is 3.42. The van der Waals surface area contributed by atoms with E-state index < -0.39 is 30.2 Å². The van der Waals surface area contributed by atoms with Gasteiger partial charge in [0.25, 0.3) is 5.91 Å². The van der Waals surface area contributed by atoms with Gasteiger partial charge in [-0.15, -0.1) is 0 Å². The lowest BCUT2D eigenvalue weighted by Crippen LogP contribution is -2.24. The van der Waals surface area contributed by atoms with Crippen LogP contribution in [-0.4, -0.2) is 42.8 Å². The largest absolute Gasteiger partial charge is 0.454 e. The van der Waals surface area contributed by atoms with Gasteiger partial charge in [-0.2, -0.15) is 18.3 Å². The lowest BCUT2D eigenvalue weighted by Gasteiger charge is -2.14. The third kappa shape index (κ3) is 4.90. The Morgan fingerprint density at radius 3 is 2.65 bits per heavy atom. The van der Waals surface area contributed by atoms with Crippen molar-refractivity contribution in [3.05, 3.63) is 66.5 Å². The van der Waals surface area contributed by atoms with Crippen molar-refractivity contribution in [1.29, 1.82) is 0 Å². The molecule has 0 fully saturated rings. The first kappa shape index (κ1) is 23.0. The van der Waals surface area contributed by atoms with Crippen LogP contribution >= 0.6 is 0 Å². The Kier molecular flexibility index (Phi) is 6.30. The summed E-state index contributed by atoms with van der Waals surface area (Å²) < 4.78 is 47.5. The highest BCUT2D eigenvalue weighted by molar-refractivity contribution is 5.94. The molecule has 2 aromatic carbocycles. The smallest absolute Gasteiger partial charge is 0.416 e. The Bertz CT molecular complexity index is 1330. The highest BCUT2D eigenvalue weighted by Crippen LogP contribution is 2.33. The molecule has 0 spiro atoms. The number of imidazole rings is 1. The number of fused-ring (bicyclic) bond motifs is 1. The van der Waals surface area contributed by atoms with Gasteiger partial charge in [0.05, 0.1) is 28.0 Å². The number of alkyl halides is 3. The number of ether oxygens (including phenoxy) is 1. The summed E-state index contributed by atoms with van der Waals surface area (Å²) in [7, 11) is 0. The van der Waals surface area contributed by atoms with E-state index in [0.29, 0.717) is 12.2 Å². The number of esters is 1. The number of nitrogens with one attached hydrogen (secondary N) is 1. The van der Waals surface area contributed by atoms with E-state index in [2.05, 4.69) is 20.4 Å². The number of benzene rings is 2. The first-order chi connectivity index (χ1) is 16.3. The molecule has 0 radical (unpaired) electrons. The standard InChI is InChI=1S/C22H19F3N6O3/c1-2-19-28-15-5-3-4-6-17(15)30(19)10-21(33)34-11-20(32)29-16-9-14(22(23,24)25)7-8-18(16)31-13-26-12-27-31/h3-9,12-13H,2,10-11H2,1H3,(H,29,32). The van der Waals surface area contributed by atoms with E-state index in [-0.39, 0.29) is 17.9 Å². The van der Waals surface area contributed by atoms with Crippen LogP contribution in [0.25, 0.3) is 16.7 Å². The number of rotatable bonds is 7. The lowest BCUT2D eigenvalue weighted by atomic mass is 10.1. The molecule has 4 rings (SSSR count). The number of amides is 1. The Hall–Kier alpha value is -4.22. The summed E-state index contributed by atoms with van der Waals surface area (Å²) in [5, 5.41) is 6.24. The van der Waals surface area contributed by atoms with Crippen molar-refractivity contribution in [2.24, 2.45) is 0 Å². The Labute approximate surface area is 191 Å². The predicted molar refractivity (Wildman–Crippen MR) is 115 cm³/mol. The van der Waals surface area contributed by atoms with Gasteiger partial charge in [0.2, 0.25) is 0 Å². The van der Waals surface area contributed by atoms with Gasteiger partial charge < -0.3 is 14.6 Å². The number of para-hydroxylation sites is 2. The number of halogens is 3. The molecule has 9 nitrogen and oxygen atoms in total. The highest BCUT2D eigenvalue weighted by Gasteiger charge is 2.31. The summed E-state index contributed by atoms with van der Waals surface area (Å²) in [6.45, 7) is 1.06. The zero-order valence-corrected chi connectivity index (χ0v) is 17.9.